The van der Waals surface area contributed by atoms with Gasteiger partial charge in [-0.25, -0.2) is 0 Å². The van der Waals surface area contributed by atoms with Gasteiger partial charge in [0.1, 0.15) is 0 Å². The number of carbonyl (C=O) groups excluding carboxylic acids is 2. The molecular weight excluding hydrogens is 875 g/mol. The first-order chi connectivity index (χ1) is 35.0. The smallest absolute Gasteiger partial charge is 0.305 e. The number of hydrogen-bond acceptors (Lipinski definition) is 5. The van der Waals surface area contributed by atoms with Crippen LogP contribution in [0.5, 0.6) is 0 Å². The summed E-state index contributed by atoms with van der Waals surface area (Å²) in [6.07, 6.45) is 75.1. The first kappa shape index (κ1) is 69.3. The molecule has 0 aromatic rings. The van der Waals surface area contributed by atoms with Crippen molar-refractivity contribution in [3.8, 4) is 0 Å². The third kappa shape index (κ3) is 57.5. The number of unbranched alkanes of at least 4 members (excludes halogenated alkanes) is 45. The molecule has 0 fully saturated rings. The number of hydrogen-bond donors (Lipinski definition) is 3. The van der Waals surface area contributed by atoms with Gasteiger partial charge < -0.3 is 20.3 Å². The van der Waals surface area contributed by atoms with E-state index in [0.717, 1.165) is 44.9 Å². The van der Waals surface area contributed by atoms with Gasteiger partial charge >= 0.3 is 5.97 Å². The average Bonchev–Trinajstić information content (AvgIpc) is 3.37. The molecule has 6 heteroatoms. The zero-order chi connectivity index (χ0) is 51.4. The largest absolute Gasteiger partial charge is 0.466 e. The summed E-state index contributed by atoms with van der Waals surface area (Å²) < 4.78 is 5.48. The Balaban J connectivity index is 3.33. The molecule has 0 saturated heterocycles. The lowest BCUT2D eigenvalue weighted by Gasteiger charge is -2.22. The van der Waals surface area contributed by atoms with Crippen LogP contribution in [0.2, 0.25) is 0 Å². The van der Waals surface area contributed by atoms with Crippen molar-refractivity contribution in [2.45, 2.75) is 366 Å². The van der Waals surface area contributed by atoms with Crippen LogP contribution in [0.25, 0.3) is 0 Å². The summed E-state index contributed by atoms with van der Waals surface area (Å²) in [6, 6.07) is -0.537. The van der Waals surface area contributed by atoms with Crippen LogP contribution in [0, 0.1) is 0 Å². The van der Waals surface area contributed by atoms with Gasteiger partial charge in [0, 0.05) is 12.8 Å². The number of nitrogens with one attached hydrogen (secondary N) is 1. The van der Waals surface area contributed by atoms with Crippen molar-refractivity contribution in [2.75, 3.05) is 13.2 Å². The van der Waals surface area contributed by atoms with Crippen molar-refractivity contribution in [3.63, 3.8) is 0 Å². The Morgan fingerprint density at radius 2 is 0.662 bits per heavy atom. The fourth-order valence-electron chi connectivity index (χ4n) is 10.0. The van der Waals surface area contributed by atoms with E-state index in [1.54, 1.807) is 0 Å². The summed E-state index contributed by atoms with van der Waals surface area (Å²) in [5.41, 5.74) is 0. The Morgan fingerprint density at radius 1 is 0.380 bits per heavy atom. The van der Waals surface area contributed by atoms with Crippen LogP contribution < -0.4 is 5.32 Å². The summed E-state index contributed by atoms with van der Waals surface area (Å²) in [6.45, 7) is 4.94. The van der Waals surface area contributed by atoms with Crippen LogP contribution in [-0.2, 0) is 14.3 Å². The van der Waals surface area contributed by atoms with Crippen molar-refractivity contribution in [3.05, 3.63) is 24.3 Å². The number of carbonyl (C=O) groups is 2. The molecule has 420 valence electrons. The molecule has 71 heavy (non-hydrogen) atoms. The lowest BCUT2D eigenvalue weighted by Crippen LogP contribution is -2.45. The molecule has 0 radical (unpaired) electrons. The van der Waals surface area contributed by atoms with E-state index >= 15 is 0 Å². The number of esters is 1. The molecule has 6 nitrogen and oxygen atoms in total. The first-order valence-corrected chi connectivity index (χ1v) is 32.1. The SMILES string of the molecule is CCCCCCC/C=C\CCCCCCCC(=O)OCCCCCCCCCCCCCC/C=C\CCCCCCCCCCCCCCCCCC(=O)NC(CO)C(O)CCCCCCCCCCC. The fourth-order valence-corrected chi connectivity index (χ4v) is 10.0. The molecule has 1 amide bonds. The predicted molar refractivity (Wildman–Crippen MR) is 310 cm³/mol. The maximum absolute atomic E-state index is 12.4. The van der Waals surface area contributed by atoms with Gasteiger partial charge in [-0.3, -0.25) is 9.59 Å². The molecule has 0 aromatic heterocycles. The number of amides is 1. The number of rotatable bonds is 60. The Morgan fingerprint density at radius 3 is 1.00 bits per heavy atom. The highest BCUT2D eigenvalue weighted by molar-refractivity contribution is 5.76. The third-order valence-corrected chi connectivity index (χ3v) is 15.0. The minimum absolute atomic E-state index is 0.00928. The van der Waals surface area contributed by atoms with E-state index < -0.39 is 12.1 Å². The summed E-state index contributed by atoms with van der Waals surface area (Å²) in [7, 11) is 0. The van der Waals surface area contributed by atoms with Crippen molar-refractivity contribution < 1.29 is 24.5 Å². The Kier molecular flexibility index (Phi) is 59.5. The highest BCUT2D eigenvalue weighted by Crippen LogP contribution is 2.18. The van der Waals surface area contributed by atoms with Crippen LogP contribution >= 0.6 is 0 Å². The van der Waals surface area contributed by atoms with Gasteiger partial charge in [0.05, 0.1) is 25.4 Å². The lowest BCUT2D eigenvalue weighted by molar-refractivity contribution is -0.143. The molecule has 0 aromatic carbocycles. The van der Waals surface area contributed by atoms with Crippen LogP contribution in [0.15, 0.2) is 24.3 Å². The van der Waals surface area contributed by atoms with E-state index in [2.05, 4.69) is 43.5 Å². The molecular formula is C65H125NO5. The van der Waals surface area contributed by atoms with Gasteiger partial charge in [-0.2, -0.15) is 0 Å². The van der Waals surface area contributed by atoms with E-state index in [1.165, 1.54) is 276 Å². The molecule has 0 aliphatic carbocycles. The second-order valence-corrected chi connectivity index (χ2v) is 22.1. The van der Waals surface area contributed by atoms with Crippen molar-refractivity contribution >= 4 is 11.9 Å². The second-order valence-electron chi connectivity index (χ2n) is 22.1. The van der Waals surface area contributed by atoms with E-state index in [0.29, 0.717) is 25.9 Å². The van der Waals surface area contributed by atoms with Crippen LogP contribution in [-0.4, -0.2) is 47.4 Å². The van der Waals surface area contributed by atoms with Crippen molar-refractivity contribution in [2.24, 2.45) is 0 Å². The highest BCUT2D eigenvalue weighted by atomic mass is 16.5. The minimum Gasteiger partial charge on any atom is -0.466 e. The molecule has 3 N–H and O–H groups in total. The van der Waals surface area contributed by atoms with E-state index in [9.17, 15) is 19.8 Å². The Hall–Kier alpha value is -1.66. The summed E-state index contributed by atoms with van der Waals surface area (Å²) in [5, 5.41) is 23.1. The second kappa shape index (κ2) is 60.9. The monoisotopic (exact) mass is 1000 g/mol. The Labute approximate surface area is 443 Å². The van der Waals surface area contributed by atoms with Gasteiger partial charge in [-0.15, -0.1) is 0 Å². The quantitative estimate of drug-likeness (QED) is 0.0320. The zero-order valence-corrected chi connectivity index (χ0v) is 48.0. The number of allylic oxidation sites excluding steroid dienone is 4. The fraction of sp³-hybridized carbons (Fsp3) is 0.908. The topological polar surface area (TPSA) is 95.9 Å². The first-order valence-electron chi connectivity index (χ1n) is 32.1. The maximum Gasteiger partial charge on any atom is 0.305 e. The van der Waals surface area contributed by atoms with Gasteiger partial charge in [-0.05, 0) is 77.0 Å². The van der Waals surface area contributed by atoms with Crippen molar-refractivity contribution in [1.82, 2.24) is 5.32 Å². The molecule has 2 unspecified atom stereocenters. The third-order valence-electron chi connectivity index (χ3n) is 15.0. The lowest BCUT2D eigenvalue weighted by atomic mass is 10.0. The van der Waals surface area contributed by atoms with E-state index in [4.69, 9.17) is 4.74 Å². The van der Waals surface area contributed by atoms with Crippen LogP contribution in [0.1, 0.15) is 354 Å². The normalized spacial score (nSPS) is 12.7. The van der Waals surface area contributed by atoms with Crippen molar-refractivity contribution in [1.29, 1.82) is 0 Å². The standard InChI is InChI=1S/C65H125NO5/c1-3-5-7-9-11-13-14-15-36-39-43-47-51-55-59-65(70)71-60-56-52-48-44-40-37-34-32-30-28-26-24-22-20-18-16-17-19-21-23-25-27-29-31-33-35-38-42-46-50-54-58-64(69)66-62(61-67)63(68)57-53-49-45-41-12-10-8-6-4-2/h14-15,18,20,62-63,67-68H,3-13,16-17,19,21-61H2,1-2H3,(H,66,69)/b15-14-,20-18-. The van der Waals surface area contributed by atoms with E-state index in [1.807, 2.05) is 0 Å². The Bertz CT molecular complexity index is 1110. The number of ether oxygens (including phenoxy) is 1. The van der Waals surface area contributed by atoms with Gasteiger partial charge in [0.25, 0.3) is 0 Å². The van der Waals surface area contributed by atoms with Crippen LogP contribution in [0.3, 0.4) is 0 Å². The predicted octanol–water partition coefficient (Wildman–Crippen LogP) is 20.2. The zero-order valence-electron chi connectivity index (χ0n) is 48.0. The molecule has 0 rings (SSSR count). The summed E-state index contributed by atoms with van der Waals surface area (Å²) >= 11 is 0. The molecule has 0 aliphatic rings. The van der Waals surface area contributed by atoms with Gasteiger partial charge in [-0.1, -0.05) is 289 Å². The molecule has 0 heterocycles. The highest BCUT2D eigenvalue weighted by Gasteiger charge is 2.20. The molecule has 0 aliphatic heterocycles. The summed E-state index contributed by atoms with van der Waals surface area (Å²) in [4.78, 5) is 24.5. The molecule has 0 spiro atoms. The van der Waals surface area contributed by atoms with Crippen LogP contribution in [0.4, 0.5) is 0 Å². The molecule has 0 saturated carbocycles. The molecule has 2 atom stereocenters. The molecule has 0 bridgehead atoms. The number of aliphatic hydroxyl groups is 2. The van der Waals surface area contributed by atoms with Gasteiger partial charge in [0.2, 0.25) is 5.91 Å². The summed E-state index contributed by atoms with van der Waals surface area (Å²) in [5.74, 6) is -0.0249. The number of aliphatic hydroxyl groups excluding tert-OH is 2. The van der Waals surface area contributed by atoms with E-state index in [-0.39, 0.29) is 18.5 Å². The average molecular weight is 1000 g/mol. The minimum atomic E-state index is -0.660. The van der Waals surface area contributed by atoms with Gasteiger partial charge in [0.15, 0.2) is 0 Å². The maximum atomic E-state index is 12.4.